The van der Waals surface area contributed by atoms with Crippen molar-refractivity contribution in [2.24, 2.45) is 5.73 Å². The van der Waals surface area contributed by atoms with Gasteiger partial charge in [0.25, 0.3) is 5.91 Å². The van der Waals surface area contributed by atoms with Gasteiger partial charge in [0.2, 0.25) is 0 Å². The van der Waals surface area contributed by atoms with E-state index in [1.165, 1.54) is 0 Å². The highest BCUT2D eigenvalue weighted by atomic mass is 35.5. The molecule has 0 bridgehead atoms. The number of hydrogen-bond donors (Lipinski definition) is 2. The summed E-state index contributed by atoms with van der Waals surface area (Å²) in [6.45, 7) is -2.74. The first kappa shape index (κ1) is 16.5. The Hall–Kier alpha value is -1.47. The molecule has 4 nitrogen and oxygen atoms in total. The molecule has 0 aliphatic heterocycles. The molecule has 0 aliphatic rings. The largest absolute Gasteiger partial charge is 0.434 e. The van der Waals surface area contributed by atoms with Gasteiger partial charge in [-0.2, -0.15) is 8.78 Å². The van der Waals surface area contributed by atoms with Crippen molar-refractivity contribution in [2.45, 2.75) is 6.61 Å². The van der Waals surface area contributed by atoms with E-state index in [0.29, 0.717) is 0 Å². The van der Waals surface area contributed by atoms with Crippen LogP contribution in [0, 0.1) is 5.82 Å². The molecule has 102 valence electrons. The number of amides is 1. The number of nitrogens with two attached hydrogens (primary N) is 1. The fourth-order valence-corrected chi connectivity index (χ4v) is 1.16. The van der Waals surface area contributed by atoms with Crippen LogP contribution in [0.25, 0.3) is 0 Å². The summed E-state index contributed by atoms with van der Waals surface area (Å²) in [6, 6.07) is 2.78. The van der Waals surface area contributed by atoms with E-state index in [9.17, 15) is 18.0 Å². The molecular weight excluding hydrogens is 273 g/mol. The van der Waals surface area contributed by atoms with E-state index in [1.807, 2.05) is 0 Å². The molecule has 0 atom stereocenters. The van der Waals surface area contributed by atoms with E-state index in [0.717, 1.165) is 18.2 Å². The molecule has 8 heteroatoms. The van der Waals surface area contributed by atoms with Crippen LogP contribution in [0.4, 0.5) is 13.2 Å². The van der Waals surface area contributed by atoms with E-state index < -0.39 is 24.1 Å². The number of halogens is 4. The van der Waals surface area contributed by atoms with Gasteiger partial charge < -0.3 is 15.8 Å². The number of carbonyl (C=O) groups is 1. The lowest BCUT2D eigenvalue weighted by atomic mass is 10.2. The SMILES string of the molecule is Cl.NCCNC(=O)c1ccc(F)cc1OC(F)F. The molecule has 0 aromatic heterocycles. The fraction of sp³-hybridized carbons (Fsp3) is 0.300. The lowest BCUT2D eigenvalue weighted by Crippen LogP contribution is -2.29. The highest BCUT2D eigenvalue weighted by Gasteiger charge is 2.16. The van der Waals surface area contributed by atoms with Crippen LogP contribution < -0.4 is 15.8 Å². The summed E-state index contributed by atoms with van der Waals surface area (Å²) in [7, 11) is 0. The standard InChI is InChI=1S/C10H11F3N2O2.ClH/c11-6-1-2-7(9(16)15-4-3-14)8(5-6)17-10(12)13;/h1-2,5,10H,3-4,14H2,(H,15,16);1H. The minimum atomic E-state index is -3.13. The number of carbonyl (C=O) groups excluding carboxylic acids is 1. The van der Waals surface area contributed by atoms with Crippen molar-refractivity contribution in [1.29, 1.82) is 0 Å². The summed E-state index contributed by atoms with van der Waals surface area (Å²) >= 11 is 0. The average molecular weight is 285 g/mol. The van der Waals surface area contributed by atoms with Crippen molar-refractivity contribution >= 4 is 18.3 Å². The third-order valence-electron chi connectivity index (χ3n) is 1.83. The van der Waals surface area contributed by atoms with E-state index in [2.05, 4.69) is 10.1 Å². The van der Waals surface area contributed by atoms with Crippen LogP contribution in [-0.4, -0.2) is 25.6 Å². The van der Waals surface area contributed by atoms with Crippen molar-refractivity contribution in [2.75, 3.05) is 13.1 Å². The van der Waals surface area contributed by atoms with Crippen LogP contribution in [0.1, 0.15) is 10.4 Å². The topological polar surface area (TPSA) is 64.3 Å². The van der Waals surface area contributed by atoms with Gasteiger partial charge >= 0.3 is 6.61 Å². The molecule has 0 aliphatic carbocycles. The smallest absolute Gasteiger partial charge is 0.387 e. The average Bonchev–Trinajstić information content (AvgIpc) is 2.25. The Morgan fingerprint density at radius 1 is 1.44 bits per heavy atom. The van der Waals surface area contributed by atoms with Crippen LogP contribution in [0.3, 0.4) is 0 Å². The molecule has 0 saturated carbocycles. The minimum absolute atomic E-state index is 0. The first-order valence-corrected chi connectivity index (χ1v) is 4.77. The zero-order chi connectivity index (χ0) is 12.8. The van der Waals surface area contributed by atoms with Gasteiger partial charge in [-0.25, -0.2) is 4.39 Å². The molecule has 1 rings (SSSR count). The fourth-order valence-electron chi connectivity index (χ4n) is 1.16. The Bertz CT molecular complexity index is 405. The van der Waals surface area contributed by atoms with Gasteiger partial charge in [0.1, 0.15) is 11.6 Å². The third-order valence-corrected chi connectivity index (χ3v) is 1.83. The third kappa shape index (κ3) is 4.80. The second-order valence-corrected chi connectivity index (χ2v) is 3.06. The first-order chi connectivity index (χ1) is 8.04. The lowest BCUT2D eigenvalue weighted by molar-refractivity contribution is -0.0503. The predicted octanol–water partition coefficient (Wildman–Crippen LogP) is 1.54. The molecule has 0 unspecified atom stereocenters. The van der Waals surface area contributed by atoms with Gasteiger partial charge in [-0.05, 0) is 12.1 Å². The lowest BCUT2D eigenvalue weighted by Gasteiger charge is -2.10. The zero-order valence-corrected chi connectivity index (χ0v) is 9.98. The normalized spacial score (nSPS) is 9.83. The van der Waals surface area contributed by atoms with Gasteiger partial charge in [-0.3, -0.25) is 4.79 Å². The Labute approximate surface area is 108 Å². The number of ether oxygens (including phenoxy) is 1. The van der Waals surface area contributed by atoms with Gasteiger partial charge in [0.15, 0.2) is 0 Å². The summed E-state index contributed by atoms with van der Waals surface area (Å²) in [5.41, 5.74) is 5.01. The second-order valence-electron chi connectivity index (χ2n) is 3.06. The van der Waals surface area contributed by atoms with Gasteiger partial charge in [-0.15, -0.1) is 12.4 Å². The molecule has 0 radical (unpaired) electrons. The maximum absolute atomic E-state index is 12.8. The van der Waals surface area contributed by atoms with Crippen LogP contribution in [-0.2, 0) is 0 Å². The summed E-state index contributed by atoms with van der Waals surface area (Å²) in [4.78, 5) is 11.5. The summed E-state index contributed by atoms with van der Waals surface area (Å²) in [5, 5.41) is 2.37. The van der Waals surface area contributed by atoms with Crippen molar-refractivity contribution in [3.63, 3.8) is 0 Å². The van der Waals surface area contributed by atoms with E-state index >= 15 is 0 Å². The van der Waals surface area contributed by atoms with Crippen LogP contribution >= 0.6 is 12.4 Å². The number of benzene rings is 1. The Morgan fingerprint density at radius 2 is 2.11 bits per heavy atom. The molecule has 0 fully saturated rings. The van der Waals surface area contributed by atoms with Crippen molar-refractivity contribution in [3.8, 4) is 5.75 Å². The monoisotopic (exact) mass is 284 g/mol. The molecule has 1 aromatic carbocycles. The van der Waals surface area contributed by atoms with E-state index in [1.54, 1.807) is 0 Å². The van der Waals surface area contributed by atoms with E-state index in [-0.39, 0.29) is 31.1 Å². The molecule has 3 N–H and O–H groups in total. The molecule has 18 heavy (non-hydrogen) atoms. The summed E-state index contributed by atoms with van der Waals surface area (Å²) in [6.07, 6.45) is 0. The van der Waals surface area contributed by atoms with Crippen molar-refractivity contribution in [3.05, 3.63) is 29.6 Å². The maximum atomic E-state index is 12.8. The zero-order valence-electron chi connectivity index (χ0n) is 9.16. The number of alkyl halides is 2. The number of rotatable bonds is 5. The molecule has 0 saturated heterocycles. The van der Waals surface area contributed by atoms with Gasteiger partial charge in [-0.1, -0.05) is 0 Å². The first-order valence-electron chi connectivity index (χ1n) is 4.77. The molecule has 1 aromatic rings. The van der Waals surface area contributed by atoms with Crippen LogP contribution in [0.5, 0.6) is 5.75 Å². The van der Waals surface area contributed by atoms with E-state index in [4.69, 9.17) is 5.73 Å². The van der Waals surface area contributed by atoms with Gasteiger partial charge in [0, 0.05) is 19.2 Å². The molecule has 1 amide bonds. The summed E-state index contributed by atoms with van der Waals surface area (Å²) < 4.78 is 41.0. The van der Waals surface area contributed by atoms with Crippen LogP contribution in [0.15, 0.2) is 18.2 Å². The Balaban J connectivity index is 0.00000289. The maximum Gasteiger partial charge on any atom is 0.387 e. The highest BCUT2D eigenvalue weighted by Crippen LogP contribution is 2.21. The van der Waals surface area contributed by atoms with Crippen LogP contribution in [0.2, 0.25) is 0 Å². The number of nitrogens with one attached hydrogen (secondary N) is 1. The molecule has 0 heterocycles. The number of hydrogen-bond acceptors (Lipinski definition) is 3. The predicted molar refractivity (Wildman–Crippen MR) is 61.7 cm³/mol. The molecular formula is C10H12ClF3N2O2. The van der Waals surface area contributed by atoms with Gasteiger partial charge in [0.05, 0.1) is 5.56 Å². The van der Waals surface area contributed by atoms with Crippen molar-refractivity contribution in [1.82, 2.24) is 5.32 Å². The Morgan fingerprint density at radius 3 is 2.67 bits per heavy atom. The Kier molecular flexibility index (Phi) is 7.14. The quantitative estimate of drug-likeness (QED) is 0.862. The summed E-state index contributed by atoms with van der Waals surface area (Å²) in [5.74, 6) is -1.92. The minimum Gasteiger partial charge on any atom is -0.434 e. The highest BCUT2D eigenvalue weighted by molar-refractivity contribution is 5.96. The second kappa shape index (κ2) is 7.78. The molecule has 0 spiro atoms. The van der Waals surface area contributed by atoms with Crippen molar-refractivity contribution < 1.29 is 22.7 Å².